The zero-order valence-electron chi connectivity index (χ0n) is 12.5. The van der Waals surface area contributed by atoms with Crippen LogP contribution in [0.25, 0.3) is 0 Å². The van der Waals surface area contributed by atoms with Crippen molar-refractivity contribution in [2.45, 2.75) is 20.0 Å². The molecule has 1 amide bonds. The molecule has 0 aliphatic rings. The molecule has 0 atom stereocenters. The SMILES string of the molecule is Cc1ccc(CN(C)Cc2ccc(C(N)=O)cc2N)cc1. The van der Waals surface area contributed by atoms with Crippen LogP contribution in [0, 0.1) is 6.92 Å². The summed E-state index contributed by atoms with van der Waals surface area (Å²) in [4.78, 5) is 13.3. The molecule has 4 N–H and O–H groups in total. The highest BCUT2D eigenvalue weighted by molar-refractivity contribution is 5.93. The van der Waals surface area contributed by atoms with E-state index < -0.39 is 5.91 Å². The second kappa shape index (κ2) is 6.41. The van der Waals surface area contributed by atoms with Crippen LogP contribution in [0.1, 0.15) is 27.0 Å². The molecule has 0 unspecified atom stereocenters. The number of amides is 1. The quantitative estimate of drug-likeness (QED) is 0.827. The van der Waals surface area contributed by atoms with E-state index in [-0.39, 0.29) is 0 Å². The van der Waals surface area contributed by atoms with E-state index in [4.69, 9.17) is 11.5 Å². The number of nitrogen functional groups attached to an aromatic ring is 1. The van der Waals surface area contributed by atoms with E-state index >= 15 is 0 Å². The first-order valence-electron chi connectivity index (χ1n) is 6.88. The summed E-state index contributed by atoms with van der Waals surface area (Å²) in [5.41, 5.74) is 15.8. The Morgan fingerprint density at radius 1 is 1.10 bits per heavy atom. The summed E-state index contributed by atoms with van der Waals surface area (Å²) >= 11 is 0. The molecule has 2 aromatic carbocycles. The summed E-state index contributed by atoms with van der Waals surface area (Å²) < 4.78 is 0. The van der Waals surface area contributed by atoms with Crippen molar-refractivity contribution in [2.75, 3.05) is 12.8 Å². The molecule has 0 aliphatic carbocycles. The normalized spacial score (nSPS) is 10.8. The number of nitrogens with two attached hydrogens (primary N) is 2. The molecule has 0 aliphatic heterocycles. The van der Waals surface area contributed by atoms with E-state index in [1.54, 1.807) is 12.1 Å². The van der Waals surface area contributed by atoms with Crippen LogP contribution in [0.5, 0.6) is 0 Å². The maximum absolute atomic E-state index is 11.1. The molecule has 0 aromatic heterocycles. The Labute approximate surface area is 125 Å². The van der Waals surface area contributed by atoms with Gasteiger partial charge in [0.2, 0.25) is 5.91 Å². The summed E-state index contributed by atoms with van der Waals surface area (Å²) in [5.74, 6) is -0.457. The lowest BCUT2D eigenvalue weighted by Crippen LogP contribution is -2.18. The summed E-state index contributed by atoms with van der Waals surface area (Å²) in [7, 11) is 2.04. The van der Waals surface area contributed by atoms with Crippen LogP contribution < -0.4 is 11.5 Å². The number of carbonyl (C=O) groups is 1. The third kappa shape index (κ3) is 4.07. The van der Waals surface area contributed by atoms with Crippen molar-refractivity contribution < 1.29 is 4.79 Å². The van der Waals surface area contributed by atoms with Crippen molar-refractivity contribution in [3.05, 3.63) is 64.7 Å². The number of anilines is 1. The van der Waals surface area contributed by atoms with E-state index in [9.17, 15) is 4.79 Å². The second-order valence-corrected chi connectivity index (χ2v) is 5.44. The van der Waals surface area contributed by atoms with Crippen molar-refractivity contribution in [3.8, 4) is 0 Å². The Balaban J connectivity index is 2.04. The molecule has 0 spiro atoms. The fraction of sp³-hybridized carbons (Fsp3) is 0.235. The average molecular weight is 283 g/mol. The van der Waals surface area contributed by atoms with Crippen molar-refractivity contribution in [1.82, 2.24) is 4.90 Å². The van der Waals surface area contributed by atoms with Gasteiger partial charge in [0, 0.05) is 24.3 Å². The van der Waals surface area contributed by atoms with E-state index in [1.807, 2.05) is 13.1 Å². The molecule has 0 saturated heterocycles. The van der Waals surface area contributed by atoms with E-state index in [1.165, 1.54) is 11.1 Å². The maximum atomic E-state index is 11.1. The molecule has 0 bridgehead atoms. The first-order valence-corrected chi connectivity index (χ1v) is 6.88. The van der Waals surface area contributed by atoms with E-state index in [0.717, 1.165) is 18.7 Å². The Hall–Kier alpha value is -2.33. The predicted octanol–water partition coefficient (Wildman–Crippen LogP) is 2.31. The van der Waals surface area contributed by atoms with Gasteiger partial charge in [0.25, 0.3) is 0 Å². The van der Waals surface area contributed by atoms with E-state index in [2.05, 4.69) is 36.1 Å². The minimum absolute atomic E-state index is 0.442. The Morgan fingerprint density at radius 2 is 1.76 bits per heavy atom. The zero-order chi connectivity index (χ0) is 15.4. The van der Waals surface area contributed by atoms with Crippen LogP contribution in [-0.4, -0.2) is 17.9 Å². The van der Waals surface area contributed by atoms with Crippen molar-refractivity contribution in [2.24, 2.45) is 5.73 Å². The summed E-state index contributed by atoms with van der Waals surface area (Å²) in [6, 6.07) is 13.7. The first-order chi connectivity index (χ1) is 9.95. The minimum atomic E-state index is -0.457. The molecule has 0 saturated carbocycles. The number of hydrogen-bond acceptors (Lipinski definition) is 3. The van der Waals surface area contributed by atoms with Crippen LogP contribution in [0.3, 0.4) is 0 Å². The van der Waals surface area contributed by atoms with Crippen LogP contribution in [-0.2, 0) is 13.1 Å². The fourth-order valence-electron chi connectivity index (χ4n) is 2.24. The van der Waals surface area contributed by atoms with Gasteiger partial charge in [-0.25, -0.2) is 0 Å². The minimum Gasteiger partial charge on any atom is -0.398 e. The predicted molar refractivity (Wildman–Crippen MR) is 85.7 cm³/mol. The van der Waals surface area contributed by atoms with Gasteiger partial charge in [-0.15, -0.1) is 0 Å². The van der Waals surface area contributed by atoms with Gasteiger partial charge in [-0.3, -0.25) is 9.69 Å². The largest absolute Gasteiger partial charge is 0.398 e. The number of carbonyl (C=O) groups excluding carboxylic acids is 1. The molecule has 0 fully saturated rings. The molecular formula is C17H21N3O. The van der Waals surface area contributed by atoms with Crippen LogP contribution in [0.2, 0.25) is 0 Å². The molecule has 2 rings (SSSR count). The number of rotatable bonds is 5. The summed E-state index contributed by atoms with van der Waals surface area (Å²) in [6.07, 6.45) is 0. The third-order valence-corrected chi connectivity index (χ3v) is 3.44. The molecule has 4 nitrogen and oxygen atoms in total. The van der Waals surface area contributed by atoms with Gasteiger partial charge < -0.3 is 11.5 Å². The summed E-state index contributed by atoms with van der Waals surface area (Å²) in [5, 5.41) is 0. The fourth-order valence-corrected chi connectivity index (χ4v) is 2.24. The molecule has 4 heteroatoms. The van der Waals surface area contributed by atoms with Crippen molar-refractivity contribution in [3.63, 3.8) is 0 Å². The number of nitrogens with zero attached hydrogens (tertiary/aromatic N) is 1. The monoisotopic (exact) mass is 283 g/mol. The lowest BCUT2D eigenvalue weighted by Gasteiger charge is -2.18. The number of benzene rings is 2. The Morgan fingerprint density at radius 3 is 2.33 bits per heavy atom. The highest BCUT2D eigenvalue weighted by Crippen LogP contribution is 2.17. The smallest absolute Gasteiger partial charge is 0.248 e. The van der Waals surface area contributed by atoms with Gasteiger partial charge in [-0.05, 0) is 37.2 Å². The lowest BCUT2D eigenvalue weighted by atomic mass is 10.1. The third-order valence-electron chi connectivity index (χ3n) is 3.44. The van der Waals surface area contributed by atoms with Crippen molar-refractivity contribution >= 4 is 11.6 Å². The van der Waals surface area contributed by atoms with Crippen LogP contribution >= 0.6 is 0 Å². The number of primary amides is 1. The highest BCUT2D eigenvalue weighted by atomic mass is 16.1. The van der Waals surface area contributed by atoms with Gasteiger partial charge in [-0.2, -0.15) is 0 Å². The van der Waals surface area contributed by atoms with Crippen LogP contribution in [0.15, 0.2) is 42.5 Å². The molecule has 0 radical (unpaired) electrons. The number of aryl methyl sites for hydroxylation is 1. The van der Waals surface area contributed by atoms with Gasteiger partial charge in [0.1, 0.15) is 0 Å². The molecule has 21 heavy (non-hydrogen) atoms. The van der Waals surface area contributed by atoms with Gasteiger partial charge in [0.15, 0.2) is 0 Å². The first kappa shape index (κ1) is 15.1. The standard InChI is InChI=1S/C17H21N3O/c1-12-3-5-13(6-4-12)10-20(2)11-15-8-7-14(17(19)21)9-16(15)18/h3-9H,10-11,18H2,1-2H3,(H2,19,21). The summed E-state index contributed by atoms with van der Waals surface area (Å²) in [6.45, 7) is 3.64. The molecular weight excluding hydrogens is 262 g/mol. The molecule has 2 aromatic rings. The molecule has 110 valence electrons. The zero-order valence-corrected chi connectivity index (χ0v) is 12.5. The lowest BCUT2D eigenvalue weighted by molar-refractivity contribution is 0.100. The maximum Gasteiger partial charge on any atom is 0.248 e. The van der Waals surface area contributed by atoms with E-state index in [0.29, 0.717) is 11.3 Å². The van der Waals surface area contributed by atoms with Crippen molar-refractivity contribution in [1.29, 1.82) is 0 Å². The number of hydrogen-bond donors (Lipinski definition) is 2. The van der Waals surface area contributed by atoms with Crippen LogP contribution in [0.4, 0.5) is 5.69 Å². The van der Waals surface area contributed by atoms with Gasteiger partial charge in [-0.1, -0.05) is 35.9 Å². The highest BCUT2D eigenvalue weighted by Gasteiger charge is 2.07. The van der Waals surface area contributed by atoms with Gasteiger partial charge >= 0.3 is 0 Å². The second-order valence-electron chi connectivity index (χ2n) is 5.44. The Kier molecular flexibility index (Phi) is 4.60. The Bertz CT molecular complexity index is 635. The van der Waals surface area contributed by atoms with Gasteiger partial charge in [0.05, 0.1) is 0 Å². The topological polar surface area (TPSA) is 72.3 Å². The molecule has 0 heterocycles. The average Bonchev–Trinajstić information content (AvgIpc) is 2.43.